The van der Waals surface area contributed by atoms with Crippen LogP contribution >= 0.6 is 11.6 Å². The number of hydrogen-bond acceptors (Lipinski definition) is 3. The van der Waals surface area contributed by atoms with Gasteiger partial charge in [-0.15, -0.1) is 0 Å². The molecule has 1 N–H and O–H groups in total. The molecule has 16 heavy (non-hydrogen) atoms. The van der Waals surface area contributed by atoms with Gasteiger partial charge in [-0.2, -0.15) is 0 Å². The molecule has 4 nitrogen and oxygen atoms in total. The monoisotopic (exact) mass is 240 g/mol. The number of halogens is 1. The van der Waals surface area contributed by atoms with Crippen molar-refractivity contribution in [3.05, 3.63) is 23.5 Å². The van der Waals surface area contributed by atoms with Crippen molar-refractivity contribution in [2.75, 3.05) is 18.0 Å². The van der Waals surface area contributed by atoms with E-state index in [-0.39, 0.29) is 5.92 Å². The van der Waals surface area contributed by atoms with Crippen LogP contribution in [-0.2, 0) is 4.79 Å². The highest BCUT2D eigenvalue weighted by Gasteiger charge is 2.25. The Morgan fingerprint density at radius 1 is 1.50 bits per heavy atom. The number of hydrogen-bond donors (Lipinski definition) is 1. The summed E-state index contributed by atoms with van der Waals surface area (Å²) >= 11 is 6.04. The molecule has 0 aromatic carbocycles. The normalized spacial score (nSPS) is 17.4. The molecule has 2 heterocycles. The van der Waals surface area contributed by atoms with Crippen molar-refractivity contribution in [2.45, 2.75) is 12.8 Å². The Bertz CT molecular complexity index is 389. The average molecular weight is 241 g/mol. The summed E-state index contributed by atoms with van der Waals surface area (Å²) < 4.78 is 0. The van der Waals surface area contributed by atoms with Crippen LogP contribution in [0.3, 0.4) is 0 Å². The fraction of sp³-hybridized carbons (Fsp3) is 0.455. The summed E-state index contributed by atoms with van der Waals surface area (Å²) in [6.45, 7) is 1.47. The van der Waals surface area contributed by atoms with Crippen molar-refractivity contribution >= 4 is 23.3 Å². The topological polar surface area (TPSA) is 53.4 Å². The van der Waals surface area contributed by atoms with Gasteiger partial charge in [-0.25, -0.2) is 0 Å². The maximum atomic E-state index is 10.8. The molecule has 0 radical (unpaired) electrons. The highest BCUT2D eigenvalue weighted by molar-refractivity contribution is 6.33. The van der Waals surface area contributed by atoms with Gasteiger partial charge in [-0.1, -0.05) is 11.6 Å². The molecule has 0 spiro atoms. The highest BCUT2D eigenvalue weighted by atomic mass is 35.5. The van der Waals surface area contributed by atoms with Crippen molar-refractivity contribution in [3.8, 4) is 0 Å². The summed E-state index contributed by atoms with van der Waals surface area (Å²) in [5.74, 6) is -0.905. The third kappa shape index (κ3) is 2.27. The average Bonchev–Trinajstić information content (AvgIpc) is 2.30. The first-order valence-corrected chi connectivity index (χ1v) is 5.63. The van der Waals surface area contributed by atoms with Crippen LogP contribution < -0.4 is 4.90 Å². The lowest BCUT2D eigenvalue weighted by Gasteiger charge is -2.32. The first kappa shape index (κ1) is 11.2. The largest absolute Gasteiger partial charge is 0.481 e. The molecular formula is C11H13ClN2O2. The minimum Gasteiger partial charge on any atom is -0.481 e. The van der Waals surface area contributed by atoms with Crippen molar-refractivity contribution < 1.29 is 9.90 Å². The number of aliphatic carboxylic acids is 1. The molecule has 0 amide bonds. The van der Waals surface area contributed by atoms with Gasteiger partial charge >= 0.3 is 5.97 Å². The van der Waals surface area contributed by atoms with Gasteiger partial charge in [-0.05, 0) is 18.9 Å². The zero-order valence-electron chi connectivity index (χ0n) is 8.77. The SMILES string of the molecule is O=C(O)C1CCN(c2ccncc2Cl)CC1. The van der Waals surface area contributed by atoms with Crippen LogP contribution in [0.2, 0.25) is 5.02 Å². The highest BCUT2D eigenvalue weighted by Crippen LogP contribution is 2.28. The minimum atomic E-state index is -0.694. The molecule has 1 aromatic heterocycles. The molecule has 0 saturated carbocycles. The quantitative estimate of drug-likeness (QED) is 0.860. The Morgan fingerprint density at radius 2 is 2.19 bits per heavy atom. The molecule has 86 valence electrons. The second-order valence-corrected chi connectivity index (χ2v) is 4.33. The van der Waals surface area contributed by atoms with E-state index in [1.54, 1.807) is 12.4 Å². The number of carbonyl (C=O) groups is 1. The van der Waals surface area contributed by atoms with E-state index in [4.69, 9.17) is 16.7 Å². The van der Waals surface area contributed by atoms with E-state index in [0.717, 1.165) is 18.8 Å². The third-order valence-electron chi connectivity index (χ3n) is 2.94. The summed E-state index contributed by atoms with van der Waals surface area (Å²) in [5, 5.41) is 9.52. The summed E-state index contributed by atoms with van der Waals surface area (Å²) in [4.78, 5) is 16.9. The van der Waals surface area contributed by atoms with Crippen LogP contribution in [0.5, 0.6) is 0 Å². The fourth-order valence-electron chi connectivity index (χ4n) is 1.99. The molecule has 0 unspecified atom stereocenters. The molecule has 1 aliphatic rings. The molecule has 0 aliphatic carbocycles. The van der Waals surface area contributed by atoms with E-state index in [1.807, 2.05) is 6.07 Å². The molecular weight excluding hydrogens is 228 g/mol. The number of rotatable bonds is 2. The van der Waals surface area contributed by atoms with Crippen molar-refractivity contribution in [1.29, 1.82) is 0 Å². The molecule has 1 aliphatic heterocycles. The first-order chi connectivity index (χ1) is 7.68. The lowest BCUT2D eigenvalue weighted by molar-refractivity contribution is -0.142. The van der Waals surface area contributed by atoms with E-state index in [1.165, 1.54) is 0 Å². The van der Waals surface area contributed by atoms with Crippen molar-refractivity contribution in [3.63, 3.8) is 0 Å². The van der Waals surface area contributed by atoms with Crippen molar-refractivity contribution in [2.24, 2.45) is 5.92 Å². The van der Waals surface area contributed by atoms with E-state index >= 15 is 0 Å². The Labute approximate surface area is 98.9 Å². The second-order valence-electron chi connectivity index (χ2n) is 3.93. The number of anilines is 1. The van der Waals surface area contributed by atoms with Gasteiger partial charge in [0.1, 0.15) is 0 Å². The van der Waals surface area contributed by atoms with Crippen LogP contribution in [0, 0.1) is 5.92 Å². The lowest BCUT2D eigenvalue weighted by atomic mass is 9.97. The summed E-state index contributed by atoms with van der Waals surface area (Å²) in [6.07, 6.45) is 4.66. The maximum absolute atomic E-state index is 10.8. The fourth-order valence-corrected chi connectivity index (χ4v) is 2.23. The van der Waals surface area contributed by atoms with E-state index in [9.17, 15) is 4.79 Å². The van der Waals surface area contributed by atoms with E-state index in [2.05, 4.69) is 9.88 Å². The lowest BCUT2D eigenvalue weighted by Crippen LogP contribution is -2.36. The molecule has 1 aromatic rings. The van der Waals surface area contributed by atoms with E-state index < -0.39 is 5.97 Å². The maximum Gasteiger partial charge on any atom is 0.306 e. The third-order valence-corrected chi connectivity index (χ3v) is 3.23. The van der Waals surface area contributed by atoms with Gasteiger partial charge in [0.05, 0.1) is 16.6 Å². The predicted octanol–water partition coefficient (Wildman–Crippen LogP) is 2.04. The Kier molecular flexibility index (Phi) is 3.29. The van der Waals surface area contributed by atoms with Gasteiger partial charge in [-0.3, -0.25) is 9.78 Å². The van der Waals surface area contributed by atoms with Crippen molar-refractivity contribution in [1.82, 2.24) is 4.98 Å². The van der Waals surface area contributed by atoms with Gasteiger partial charge in [0, 0.05) is 25.5 Å². The number of aromatic nitrogens is 1. The smallest absolute Gasteiger partial charge is 0.306 e. The van der Waals surface area contributed by atoms with Gasteiger partial charge < -0.3 is 10.0 Å². The Morgan fingerprint density at radius 3 is 2.75 bits per heavy atom. The van der Waals surface area contributed by atoms with Gasteiger partial charge in [0.2, 0.25) is 0 Å². The molecule has 0 bridgehead atoms. The summed E-state index contributed by atoms with van der Waals surface area (Å²) in [7, 11) is 0. The number of pyridine rings is 1. The first-order valence-electron chi connectivity index (χ1n) is 5.26. The van der Waals surface area contributed by atoms with Crippen LogP contribution in [0.1, 0.15) is 12.8 Å². The second kappa shape index (κ2) is 4.70. The Balaban J connectivity index is 2.05. The number of nitrogens with zero attached hydrogens (tertiary/aromatic N) is 2. The van der Waals surface area contributed by atoms with Crippen LogP contribution in [-0.4, -0.2) is 29.1 Å². The minimum absolute atomic E-state index is 0.211. The summed E-state index contributed by atoms with van der Waals surface area (Å²) in [5.41, 5.74) is 0.945. The van der Waals surface area contributed by atoms with Crippen LogP contribution in [0.15, 0.2) is 18.5 Å². The molecule has 5 heteroatoms. The van der Waals surface area contributed by atoms with Crippen LogP contribution in [0.25, 0.3) is 0 Å². The molecule has 1 fully saturated rings. The number of carboxylic acids is 1. The standard InChI is InChI=1S/C11H13ClN2O2/c12-9-7-13-4-1-10(9)14-5-2-8(3-6-14)11(15)16/h1,4,7-8H,2-3,5-6H2,(H,15,16). The Hall–Kier alpha value is -1.29. The predicted molar refractivity (Wildman–Crippen MR) is 61.8 cm³/mol. The molecule has 2 rings (SSSR count). The zero-order chi connectivity index (χ0) is 11.5. The summed E-state index contributed by atoms with van der Waals surface area (Å²) in [6, 6.07) is 1.86. The zero-order valence-corrected chi connectivity index (χ0v) is 9.52. The van der Waals surface area contributed by atoms with Gasteiger partial charge in [0.25, 0.3) is 0 Å². The molecule has 0 atom stereocenters. The van der Waals surface area contributed by atoms with Crippen LogP contribution in [0.4, 0.5) is 5.69 Å². The number of piperidine rings is 1. The number of carboxylic acid groups (broad SMARTS) is 1. The van der Waals surface area contributed by atoms with E-state index in [0.29, 0.717) is 17.9 Å². The van der Waals surface area contributed by atoms with Gasteiger partial charge in [0.15, 0.2) is 0 Å². The molecule has 1 saturated heterocycles.